The normalized spacial score (nSPS) is 40.2. The Morgan fingerprint density at radius 1 is 0.797 bits per heavy atom. The van der Waals surface area contributed by atoms with Gasteiger partial charge in [-0.05, 0) is 37.0 Å². The lowest BCUT2D eigenvalue weighted by atomic mass is 9.44. The van der Waals surface area contributed by atoms with Gasteiger partial charge in [0.05, 0.1) is 19.1 Å². The van der Waals surface area contributed by atoms with E-state index in [2.05, 4.69) is 0 Å². The number of methoxy groups -OCH3 is 3. The van der Waals surface area contributed by atoms with Crippen LogP contribution in [0.15, 0.2) is 11.6 Å². The van der Waals surface area contributed by atoms with Gasteiger partial charge < -0.3 is 61.9 Å². The Kier molecular flexibility index (Phi) is 13.8. The van der Waals surface area contributed by atoms with E-state index in [0.717, 1.165) is 34.6 Å². The summed E-state index contributed by atoms with van der Waals surface area (Å²) in [7, 11) is 3.76. The zero-order chi connectivity index (χ0) is 43.8. The lowest BCUT2D eigenvalue weighted by Gasteiger charge is -2.63. The molecule has 4 fully saturated rings. The van der Waals surface area contributed by atoms with Gasteiger partial charge in [-0.1, -0.05) is 19.9 Å². The highest BCUT2D eigenvalue weighted by atomic mass is 16.8. The van der Waals surface area contributed by atoms with Crippen molar-refractivity contribution >= 4 is 41.8 Å². The number of allylic oxidation sites excluding steroid dienone is 1. The van der Waals surface area contributed by atoms with Crippen LogP contribution in [0.1, 0.15) is 74.1 Å². The molecule has 20 heteroatoms. The molecule has 3 heterocycles. The van der Waals surface area contributed by atoms with Crippen molar-refractivity contribution in [3.63, 3.8) is 0 Å². The fourth-order valence-corrected chi connectivity index (χ4v) is 9.87. The van der Waals surface area contributed by atoms with Crippen molar-refractivity contribution in [1.82, 2.24) is 0 Å². The van der Waals surface area contributed by atoms with Gasteiger partial charge in [0.25, 0.3) is 0 Å². The number of rotatable bonds is 12. The van der Waals surface area contributed by atoms with E-state index in [9.17, 15) is 38.7 Å². The van der Waals surface area contributed by atoms with E-state index < -0.39 is 138 Å². The van der Waals surface area contributed by atoms with E-state index in [4.69, 9.17) is 56.8 Å². The molecule has 1 N–H and O–H groups in total. The molecule has 1 saturated carbocycles. The second kappa shape index (κ2) is 17.8. The number of ether oxygens (including phenoxy) is 12. The van der Waals surface area contributed by atoms with E-state index in [-0.39, 0.29) is 18.4 Å². The fourth-order valence-electron chi connectivity index (χ4n) is 9.87. The van der Waals surface area contributed by atoms with E-state index in [1.807, 2.05) is 6.92 Å². The number of carbonyl (C=O) groups excluding carboxylic acids is 7. The topological polar surface area (TPSA) is 250 Å². The molecule has 5 aliphatic rings. The number of hydrogen-bond acceptors (Lipinski definition) is 20. The average Bonchev–Trinajstić information content (AvgIpc) is 3.42. The van der Waals surface area contributed by atoms with Crippen LogP contribution < -0.4 is 0 Å². The first kappa shape index (κ1) is 45.9. The number of esters is 7. The molecule has 0 amide bonds. The Bertz CT molecular complexity index is 1690. The first-order valence-electron chi connectivity index (χ1n) is 19.2. The Hall–Kier alpha value is -4.21. The summed E-state index contributed by atoms with van der Waals surface area (Å²) >= 11 is 0. The van der Waals surface area contributed by atoms with Crippen LogP contribution in [-0.4, -0.2) is 142 Å². The summed E-state index contributed by atoms with van der Waals surface area (Å²) in [6.45, 7) is 8.63. The van der Waals surface area contributed by atoms with Crippen molar-refractivity contribution in [3.8, 4) is 0 Å². The van der Waals surface area contributed by atoms with Gasteiger partial charge in [0.1, 0.15) is 18.8 Å². The van der Waals surface area contributed by atoms with Crippen LogP contribution in [0.3, 0.4) is 0 Å². The van der Waals surface area contributed by atoms with E-state index in [0.29, 0.717) is 12.8 Å². The highest BCUT2D eigenvalue weighted by Crippen LogP contribution is 2.65. The summed E-state index contributed by atoms with van der Waals surface area (Å²) in [5, 5.41) is 12.4. The molecule has 5 rings (SSSR count). The predicted octanol–water partition coefficient (Wildman–Crippen LogP) is 0.950. The molecule has 0 aromatic carbocycles. The van der Waals surface area contributed by atoms with Crippen molar-refractivity contribution in [2.45, 2.75) is 141 Å². The summed E-state index contributed by atoms with van der Waals surface area (Å²) in [5.41, 5.74) is -4.46. The zero-order valence-electron chi connectivity index (χ0n) is 34.7. The SMILES string of the molecule is COC(=O)C1=CCC[C@@H]2[C@]3(C)C[C@H]([C@]4(O)[C@@H](OC)O[C@H](OC)[C@H]4OC(C)=O)OC(=O)[C@@H]3C[C@@H](O[C@@H]3O[C@H](COC(C)=O)[C@@H](OC(C)=O)[C@H](OC(C)=O)[C@H]3OC(C)=O)[C@]12C. The Balaban J connectivity index is 1.61. The van der Waals surface area contributed by atoms with Crippen LogP contribution in [-0.2, 0) is 90.4 Å². The van der Waals surface area contributed by atoms with E-state index in [1.165, 1.54) is 21.3 Å². The molecule has 0 aromatic rings. The Labute approximate surface area is 340 Å². The molecule has 59 heavy (non-hydrogen) atoms. The molecule has 330 valence electrons. The number of hydrogen-bond donors (Lipinski definition) is 1. The highest BCUT2D eigenvalue weighted by Gasteiger charge is 2.71. The fraction of sp³-hybridized carbons (Fsp3) is 0.769. The van der Waals surface area contributed by atoms with Crippen LogP contribution in [0.2, 0.25) is 0 Å². The first-order chi connectivity index (χ1) is 27.7. The van der Waals surface area contributed by atoms with Gasteiger partial charge >= 0.3 is 41.8 Å². The lowest BCUT2D eigenvalue weighted by Crippen LogP contribution is -2.69. The van der Waals surface area contributed by atoms with Gasteiger partial charge in [-0.25, -0.2) is 4.79 Å². The molecular formula is C39H54O20. The molecule has 0 unspecified atom stereocenters. The third kappa shape index (κ3) is 8.56. The predicted molar refractivity (Wildman–Crippen MR) is 192 cm³/mol. The van der Waals surface area contributed by atoms with Crippen molar-refractivity contribution in [3.05, 3.63) is 11.6 Å². The molecule has 2 aliphatic carbocycles. The third-order valence-corrected chi connectivity index (χ3v) is 12.2. The molecule has 0 radical (unpaired) electrons. The number of aliphatic hydroxyl groups is 1. The average molecular weight is 843 g/mol. The summed E-state index contributed by atoms with van der Waals surface area (Å²) in [4.78, 5) is 89.9. The molecular weight excluding hydrogens is 788 g/mol. The van der Waals surface area contributed by atoms with Crippen molar-refractivity contribution in [2.24, 2.45) is 22.7 Å². The van der Waals surface area contributed by atoms with Crippen LogP contribution in [0.4, 0.5) is 0 Å². The maximum absolute atomic E-state index is 14.5. The van der Waals surface area contributed by atoms with E-state index >= 15 is 0 Å². The van der Waals surface area contributed by atoms with Crippen molar-refractivity contribution in [1.29, 1.82) is 0 Å². The quantitative estimate of drug-likeness (QED) is 0.212. The molecule has 20 nitrogen and oxygen atoms in total. The van der Waals surface area contributed by atoms with Gasteiger partial charge in [-0.15, -0.1) is 0 Å². The van der Waals surface area contributed by atoms with Crippen molar-refractivity contribution < 1.29 is 95.5 Å². The lowest BCUT2D eigenvalue weighted by molar-refractivity contribution is -0.333. The number of fused-ring (bicyclic) bond motifs is 3. The zero-order valence-corrected chi connectivity index (χ0v) is 34.7. The molecule has 15 atom stereocenters. The third-order valence-electron chi connectivity index (χ3n) is 12.2. The summed E-state index contributed by atoms with van der Waals surface area (Å²) in [6, 6.07) is 0. The number of carbonyl (C=O) groups is 7. The summed E-state index contributed by atoms with van der Waals surface area (Å²) < 4.78 is 68.5. The molecule has 3 aliphatic heterocycles. The smallest absolute Gasteiger partial charge is 0.334 e. The standard InChI is InChI=1S/C39H54O20/c1-17(40)51-16-24-28(52-18(2)41)29(53-19(3)42)30(54-20(4)43)34(56-24)58-26-14-23-33(46)57-27(39(47)31(55-21(5)44)35(49-9)59-36(39)50-10)15-37(23,6)25-13-11-12-22(32(45)48-8)38(25,26)7/h12,23-31,34-36,47H,11,13-16H2,1-10H3/t23-,24+,25+,26+,27+,28+,29-,30+,31+,34-,35-,36-,37+,38+,39+/m0/s1. The summed E-state index contributed by atoms with van der Waals surface area (Å²) in [5.74, 6) is -7.05. The van der Waals surface area contributed by atoms with Crippen LogP contribution in [0.5, 0.6) is 0 Å². The molecule has 0 bridgehead atoms. The van der Waals surface area contributed by atoms with Crippen LogP contribution in [0, 0.1) is 22.7 Å². The van der Waals surface area contributed by atoms with Gasteiger partial charge in [0.15, 0.2) is 42.6 Å². The maximum atomic E-state index is 14.5. The maximum Gasteiger partial charge on any atom is 0.334 e. The molecule has 3 saturated heterocycles. The largest absolute Gasteiger partial charge is 0.466 e. The van der Waals surface area contributed by atoms with Gasteiger partial charge in [-0.2, -0.15) is 0 Å². The monoisotopic (exact) mass is 842 g/mol. The van der Waals surface area contributed by atoms with Crippen molar-refractivity contribution in [2.75, 3.05) is 27.9 Å². The van der Waals surface area contributed by atoms with Crippen LogP contribution >= 0.6 is 0 Å². The minimum atomic E-state index is -2.27. The van der Waals surface area contributed by atoms with Gasteiger partial charge in [0, 0.05) is 59.8 Å². The summed E-state index contributed by atoms with van der Waals surface area (Å²) in [6.07, 6.45) is -12.1. The number of cyclic esters (lactones) is 1. The van der Waals surface area contributed by atoms with Gasteiger partial charge in [-0.3, -0.25) is 28.8 Å². The first-order valence-corrected chi connectivity index (χ1v) is 19.2. The molecule has 0 spiro atoms. The second-order valence-electron chi connectivity index (χ2n) is 15.9. The minimum absolute atomic E-state index is 0.0438. The van der Waals surface area contributed by atoms with Crippen LogP contribution in [0.25, 0.3) is 0 Å². The molecule has 0 aromatic heterocycles. The Morgan fingerprint density at radius 2 is 1.41 bits per heavy atom. The second-order valence-corrected chi connectivity index (χ2v) is 15.9. The minimum Gasteiger partial charge on any atom is -0.466 e. The van der Waals surface area contributed by atoms with E-state index in [1.54, 1.807) is 13.0 Å². The Morgan fingerprint density at radius 3 is 1.97 bits per heavy atom. The highest BCUT2D eigenvalue weighted by molar-refractivity contribution is 5.90. The van der Waals surface area contributed by atoms with Gasteiger partial charge in [0.2, 0.25) is 6.29 Å².